The fourth-order valence-corrected chi connectivity index (χ4v) is 3.16. The summed E-state index contributed by atoms with van der Waals surface area (Å²) in [6.07, 6.45) is 6.79. The summed E-state index contributed by atoms with van der Waals surface area (Å²) in [6.45, 7) is 4.99. The highest BCUT2D eigenvalue weighted by atomic mass is 16.4. The average Bonchev–Trinajstić information content (AvgIpc) is 2.42. The van der Waals surface area contributed by atoms with Crippen LogP contribution in [0.4, 0.5) is 4.79 Å². The van der Waals surface area contributed by atoms with Gasteiger partial charge in [0.1, 0.15) is 0 Å². The summed E-state index contributed by atoms with van der Waals surface area (Å²) in [5, 5.41) is 12.1. The molecule has 21 heavy (non-hydrogen) atoms. The van der Waals surface area contributed by atoms with Gasteiger partial charge in [0.25, 0.3) is 0 Å². The zero-order valence-electron chi connectivity index (χ0n) is 13.7. The molecular formula is C16H30N2O3. The maximum Gasteiger partial charge on any atom is 0.317 e. The molecule has 0 aliphatic heterocycles. The second kappa shape index (κ2) is 8.25. The van der Waals surface area contributed by atoms with Gasteiger partial charge in [-0.2, -0.15) is 0 Å². The Kier molecular flexibility index (Phi) is 6.99. The lowest BCUT2D eigenvalue weighted by Gasteiger charge is -2.43. The molecule has 5 nitrogen and oxygen atoms in total. The molecule has 1 aliphatic rings. The summed E-state index contributed by atoms with van der Waals surface area (Å²) in [5.74, 6) is -0.187. The van der Waals surface area contributed by atoms with Crippen LogP contribution in [0.5, 0.6) is 0 Å². The summed E-state index contributed by atoms with van der Waals surface area (Å²) >= 11 is 0. The van der Waals surface area contributed by atoms with Crippen LogP contribution in [0.15, 0.2) is 0 Å². The first-order valence-electron chi connectivity index (χ1n) is 8.11. The third kappa shape index (κ3) is 5.56. The second-order valence-electron chi connectivity index (χ2n) is 6.68. The van der Waals surface area contributed by atoms with Gasteiger partial charge in [-0.1, -0.05) is 33.1 Å². The Morgan fingerprint density at radius 1 is 1.24 bits per heavy atom. The minimum absolute atomic E-state index is 0.0446. The lowest BCUT2D eigenvalue weighted by atomic mass is 9.78. The normalized spacial score (nSPS) is 17.5. The third-order valence-corrected chi connectivity index (χ3v) is 4.52. The van der Waals surface area contributed by atoms with Gasteiger partial charge in [-0.05, 0) is 31.6 Å². The molecule has 0 aromatic carbocycles. The van der Waals surface area contributed by atoms with Gasteiger partial charge in [0.05, 0.1) is 12.0 Å². The molecule has 1 rings (SSSR count). The van der Waals surface area contributed by atoms with Crippen LogP contribution in [0.1, 0.15) is 65.2 Å². The summed E-state index contributed by atoms with van der Waals surface area (Å²) in [4.78, 5) is 25.1. The van der Waals surface area contributed by atoms with Crippen molar-refractivity contribution in [3.63, 3.8) is 0 Å². The number of carboxylic acids is 1. The standard InChI is InChI=1S/C16H30N2O3/c1-13(2)8-7-11-17-15(21)18(3)16(12-14(19)20)9-5-4-6-10-16/h13H,4-12H2,1-3H3,(H,17,21)(H,19,20). The summed E-state index contributed by atoms with van der Waals surface area (Å²) in [5.41, 5.74) is -0.508. The molecule has 0 spiro atoms. The van der Waals surface area contributed by atoms with E-state index >= 15 is 0 Å². The van der Waals surface area contributed by atoms with Crippen LogP contribution in [0.25, 0.3) is 0 Å². The Labute approximate surface area is 128 Å². The van der Waals surface area contributed by atoms with E-state index in [9.17, 15) is 14.7 Å². The van der Waals surface area contributed by atoms with Crippen molar-refractivity contribution in [2.75, 3.05) is 13.6 Å². The quantitative estimate of drug-likeness (QED) is 0.709. The fourth-order valence-electron chi connectivity index (χ4n) is 3.16. The Balaban J connectivity index is 2.56. The van der Waals surface area contributed by atoms with Crippen molar-refractivity contribution in [3.05, 3.63) is 0 Å². The lowest BCUT2D eigenvalue weighted by Crippen LogP contribution is -2.55. The van der Waals surface area contributed by atoms with E-state index in [0.717, 1.165) is 44.9 Å². The van der Waals surface area contributed by atoms with Crippen LogP contribution < -0.4 is 5.32 Å². The van der Waals surface area contributed by atoms with Gasteiger partial charge in [-0.25, -0.2) is 4.79 Å². The molecule has 2 amide bonds. The first-order valence-corrected chi connectivity index (χ1v) is 8.11. The van der Waals surface area contributed by atoms with E-state index in [2.05, 4.69) is 19.2 Å². The van der Waals surface area contributed by atoms with Crippen LogP contribution in [-0.2, 0) is 4.79 Å². The highest BCUT2D eigenvalue weighted by Crippen LogP contribution is 2.35. The van der Waals surface area contributed by atoms with Gasteiger partial charge in [0.2, 0.25) is 0 Å². The fraction of sp³-hybridized carbons (Fsp3) is 0.875. The van der Waals surface area contributed by atoms with Crippen molar-refractivity contribution in [1.82, 2.24) is 10.2 Å². The van der Waals surface area contributed by atoms with Crippen molar-refractivity contribution < 1.29 is 14.7 Å². The Morgan fingerprint density at radius 2 is 1.86 bits per heavy atom. The van der Waals surface area contributed by atoms with Gasteiger partial charge in [-0.15, -0.1) is 0 Å². The van der Waals surface area contributed by atoms with E-state index in [4.69, 9.17) is 0 Å². The zero-order chi connectivity index (χ0) is 15.9. The Hall–Kier alpha value is -1.26. The number of rotatable bonds is 7. The number of urea groups is 1. The Morgan fingerprint density at radius 3 is 2.38 bits per heavy atom. The molecule has 1 aliphatic carbocycles. The van der Waals surface area contributed by atoms with Crippen molar-refractivity contribution in [2.24, 2.45) is 5.92 Å². The molecule has 0 unspecified atom stereocenters. The summed E-state index contributed by atoms with van der Waals surface area (Å²) in [7, 11) is 1.74. The number of nitrogens with one attached hydrogen (secondary N) is 1. The molecule has 0 atom stereocenters. The molecule has 1 saturated carbocycles. The SMILES string of the molecule is CC(C)CCCNC(=O)N(C)C1(CC(=O)O)CCCCC1. The van der Waals surface area contributed by atoms with Gasteiger partial charge in [0, 0.05) is 13.6 Å². The molecule has 122 valence electrons. The predicted octanol–water partition coefficient (Wildman–Crippen LogP) is 3.24. The van der Waals surface area contributed by atoms with E-state index in [1.807, 2.05) is 0 Å². The molecular weight excluding hydrogens is 268 g/mol. The number of hydrogen-bond acceptors (Lipinski definition) is 2. The number of carbonyl (C=O) groups excluding carboxylic acids is 1. The topological polar surface area (TPSA) is 69.6 Å². The van der Waals surface area contributed by atoms with Crippen LogP contribution >= 0.6 is 0 Å². The summed E-state index contributed by atoms with van der Waals surface area (Å²) in [6, 6.07) is -0.137. The van der Waals surface area contributed by atoms with E-state index in [1.54, 1.807) is 11.9 Å². The smallest absolute Gasteiger partial charge is 0.317 e. The zero-order valence-corrected chi connectivity index (χ0v) is 13.7. The van der Waals surface area contributed by atoms with Gasteiger partial charge < -0.3 is 15.3 Å². The highest BCUT2D eigenvalue weighted by Gasteiger charge is 2.40. The third-order valence-electron chi connectivity index (χ3n) is 4.52. The average molecular weight is 298 g/mol. The van der Waals surface area contributed by atoms with E-state index in [0.29, 0.717) is 12.5 Å². The molecule has 0 radical (unpaired) electrons. The van der Waals surface area contributed by atoms with Gasteiger partial charge >= 0.3 is 12.0 Å². The van der Waals surface area contributed by atoms with Gasteiger partial charge in [0.15, 0.2) is 0 Å². The van der Waals surface area contributed by atoms with E-state index in [-0.39, 0.29) is 12.5 Å². The molecule has 0 aromatic rings. The van der Waals surface area contributed by atoms with Crippen molar-refractivity contribution in [1.29, 1.82) is 0 Å². The van der Waals surface area contributed by atoms with E-state index in [1.165, 1.54) is 0 Å². The molecule has 0 bridgehead atoms. The number of hydrogen-bond donors (Lipinski definition) is 2. The maximum atomic E-state index is 12.3. The second-order valence-corrected chi connectivity index (χ2v) is 6.68. The minimum Gasteiger partial charge on any atom is -0.481 e. The first kappa shape index (κ1) is 17.8. The van der Waals surface area contributed by atoms with Crippen molar-refractivity contribution in [3.8, 4) is 0 Å². The molecule has 1 fully saturated rings. The number of amides is 2. The van der Waals surface area contributed by atoms with Crippen LogP contribution in [0.3, 0.4) is 0 Å². The minimum atomic E-state index is -0.823. The van der Waals surface area contributed by atoms with E-state index < -0.39 is 11.5 Å². The molecule has 0 saturated heterocycles. The van der Waals surface area contributed by atoms with Crippen LogP contribution in [0, 0.1) is 5.92 Å². The van der Waals surface area contributed by atoms with Crippen molar-refractivity contribution in [2.45, 2.75) is 70.8 Å². The molecule has 0 heterocycles. The number of carbonyl (C=O) groups is 2. The summed E-state index contributed by atoms with van der Waals surface area (Å²) < 4.78 is 0. The molecule has 5 heteroatoms. The van der Waals surface area contributed by atoms with Crippen LogP contribution in [0.2, 0.25) is 0 Å². The molecule has 2 N–H and O–H groups in total. The lowest BCUT2D eigenvalue weighted by molar-refractivity contribution is -0.140. The highest BCUT2D eigenvalue weighted by molar-refractivity contribution is 5.76. The largest absolute Gasteiger partial charge is 0.481 e. The predicted molar refractivity (Wildman–Crippen MR) is 83.3 cm³/mol. The molecule has 0 aromatic heterocycles. The van der Waals surface area contributed by atoms with Gasteiger partial charge in [-0.3, -0.25) is 4.79 Å². The Bertz CT molecular complexity index is 349. The van der Waals surface area contributed by atoms with Crippen LogP contribution in [-0.4, -0.2) is 41.1 Å². The van der Waals surface area contributed by atoms with Crippen molar-refractivity contribution >= 4 is 12.0 Å². The maximum absolute atomic E-state index is 12.3. The number of carboxylic acid groups (broad SMARTS) is 1. The monoisotopic (exact) mass is 298 g/mol. The first-order chi connectivity index (χ1) is 9.87. The number of nitrogens with zero attached hydrogens (tertiary/aromatic N) is 1. The number of aliphatic carboxylic acids is 1.